The van der Waals surface area contributed by atoms with Crippen molar-refractivity contribution in [2.75, 3.05) is 0 Å². The summed E-state index contributed by atoms with van der Waals surface area (Å²) in [6, 6.07) is 8.67. The second kappa shape index (κ2) is 7.94. The lowest BCUT2D eigenvalue weighted by atomic mass is 10.0. The van der Waals surface area contributed by atoms with Crippen LogP contribution >= 0.6 is 23.2 Å². The molecule has 1 atom stereocenters. The van der Waals surface area contributed by atoms with Crippen LogP contribution in [0.1, 0.15) is 46.5 Å². The van der Waals surface area contributed by atoms with Gasteiger partial charge in [-0.2, -0.15) is 0 Å². The van der Waals surface area contributed by atoms with E-state index in [4.69, 9.17) is 27.9 Å². The molecule has 1 heterocycles. The third kappa shape index (κ3) is 3.91. The van der Waals surface area contributed by atoms with E-state index < -0.39 is 23.8 Å². The number of fused-ring (bicyclic) bond motifs is 1. The van der Waals surface area contributed by atoms with E-state index >= 15 is 0 Å². The molecule has 0 N–H and O–H groups in total. The summed E-state index contributed by atoms with van der Waals surface area (Å²) in [4.78, 5) is 39.7. The van der Waals surface area contributed by atoms with Gasteiger partial charge in [0.1, 0.15) is 11.8 Å². The molecule has 0 spiro atoms. The Morgan fingerprint density at radius 3 is 2.11 bits per heavy atom. The summed E-state index contributed by atoms with van der Waals surface area (Å²) >= 11 is 12.0. The Morgan fingerprint density at radius 2 is 1.61 bits per heavy atom. The Balaban J connectivity index is 1.94. The number of carbonyl (C=O) groups is 3. The molecule has 0 aliphatic carbocycles. The van der Waals surface area contributed by atoms with Crippen LogP contribution in [0.5, 0.6) is 5.75 Å². The first-order valence-corrected chi connectivity index (χ1v) is 9.60. The van der Waals surface area contributed by atoms with E-state index in [1.54, 1.807) is 18.2 Å². The van der Waals surface area contributed by atoms with Gasteiger partial charge in [-0.25, -0.2) is 4.79 Å². The van der Waals surface area contributed by atoms with E-state index in [9.17, 15) is 14.4 Å². The molecule has 0 radical (unpaired) electrons. The molecule has 2 aromatic carbocycles. The average Bonchev–Trinajstić information content (AvgIpc) is 2.84. The highest BCUT2D eigenvalue weighted by molar-refractivity contribution is 6.43. The zero-order chi connectivity index (χ0) is 20.6. The maximum Gasteiger partial charge on any atom is 0.334 e. The predicted octanol–water partition coefficient (Wildman–Crippen LogP) is 4.92. The van der Waals surface area contributed by atoms with E-state index in [2.05, 4.69) is 0 Å². The average molecular weight is 420 g/mol. The zero-order valence-electron chi connectivity index (χ0n) is 15.7. The first kappa shape index (κ1) is 20.4. The number of rotatable bonds is 5. The van der Waals surface area contributed by atoms with Gasteiger partial charge in [-0.1, -0.05) is 49.2 Å². The number of imide groups is 1. The molecule has 0 saturated heterocycles. The van der Waals surface area contributed by atoms with Crippen LogP contribution in [0.2, 0.25) is 10.0 Å². The minimum atomic E-state index is -1.05. The number of nitrogens with zero attached hydrogens (tertiary/aromatic N) is 1. The lowest BCUT2D eigenvalue weighted by Gasteiger charge is -2.25. The standard InChI is InChI=1S/C21H19Cl2NO4/c1-11(2)7-18(21(27)28-13-6-4-5-12(3)8-13)24-19(25)14-9-16(22)17(23)10-15(14)20(24)26/h4-6,8-11,18H,7H2,1-3H3/t18-/m1/s1. The Hall–Kier alpha value is -2.37. The van der Waals surface area contributed by atoms with Gasteiger partial charge in [0, 0.05) is 0 Å². The monoisotopic (exact) mass is 419 g/mol. The fourth-order valence-electron chi connectivity index (χ4n) is 3.15. The lowest BCUT2D eigenvalue weighted by molar-refractivity contribution is -0.139. The van der Waals surface area contributed by atoms with Crippen LogP contribution in [-0.4, -0.2) is 28.7 Å². The SMILES string of the molecule is Cc1cccc(OC(=O)[C@@H](CC(C)C)N2C(=O)c3cc(Cl)c(Cl)cc3C2=O)c1. The van der Waals surface area contributed by atoms with E-state index in [-0.39, 0.29) is 33.5 Å². The van der Waals surface area contributed by atoms with Crippen LogP contribution < -0.4 is 4.74 Å². The number of ether oxygens (including phenoxy) is 1. The predicted molar refractivity (Wildman–Crippen MR) is 107 cm³/mol. The molecule has 0 aromatic heterocycles. The molecule has 2 aromatic rings. The molecule has 1 aliphatic heterocycles. The number of esters is 1. The summed E-state index contributed by atoms with van der Waals surface area (Å²) in [5.41, 5.74) is 1.20. The van der Waals surface area contributed by atoms with Crippen molar-refractivity contribution in [2.45, 2.75) is 33.2 Å². The lowest BCUT2D eigenvalue weighted by Crippen LogP contribution is -2.47. The maximum absolute atomic E-state index is 12.9. The van der Waals surface area contributed by atoms with Gasteiger partial charge in [-0.3, -0.25) is 14.5 Å². The van der Waals surface area contributed by atoms with Gasteiger partial charge in [0.15, 0.2) is 0 Å². The summed E-state index contributed by atoms with van der Waals surface area (Å²) in [5, 5.41) is 0.345. The molecule has 0 bridgehead atoms. The van der Waals surface area contributed by atoms with Crippen molar-refractivity contribution >= 4 is 41.0 Å². The Bertz CT molecular complexity index is 930. The van der Waals surface area contributed by atoms with Crippen LogP contribution in [0.3, 0.4) is 0 Å². The van der Waals surface area contributed by atoms with Crippen molar-refractivity contribution in [1.82, 2.24) is 4.90 Å². The number of halogens is 2. The van der Waals surface area contributed by atoms with Crippen LogP contribution in [0, 0.1) is 12.8 Å². The van der Waals surface area contributed by atoms with Crippen LogP contribution in [0.25, 0.3) is 0 Å². The molecule has 146 valence electrons. The molecule has 0 saturated carbocycles. The molecule has 1 aliphatic rings. The van der Waals surface area contributed by atoms with Crippen molar-refractivity contribution in [3.05, 3.63) is 63.1 Å². The second-order valence-corrected chi connectivity index (χ2v) is 7.99. The Labute approximate surface area is 173 Å². The van der Waals surface area contributed by atoms with Crippen molar-refractivity contribution in [2.24, 2.45) is 5.92 Å². The highest BCUT2D eigenvalue weighted by atomic mass is 35.5. The minimum Gasteiger partial charge on any atom is -0.425 e. The molecule has 5 nitrogen and oxygen atoms in total. The van der Waals surface area contributed by atoms with Gasteiger partial charge in [-0.15, -0.1) is 0 Å². The highest BCUT2D eigenvalue weighted by Gasteiger charge is 2.44. The Kier molecular flexibility index (Phi) is 5.77. The summed E-state index contributed by atoms with van der Waals surface area (Å²) in [5.74, 6) is -1.41. The number of benzene rings is 2. The normalized spacial score (nSPS) is 14.4. The number of amides is 2. The number of carbonyl (C=O) groups excluding carboxylic acids is 3. The summed E-state index contributed by atoms with van der Waals surface area (Å²) in [6.07, 6.45) is 0.275. The van der Waals surface area contributed by atoms with Crippen molar-refractivity contribution in [3.8, 4) is 5.75 Å². The van der Waals surface area contributed by atoms with Crippen LogP contribution in [-0.2, 0) is 4.79 Å². The summed E-state index contributed by atoms with van der Waals surface area (Å²) < 4.78 is 5.48. The Morgan fingerprint density at radius 1 is 1.04 bits per heavy atom. The van der Waals surface area contributed by atoms with Gasteiger partial charge in [0.25, 0.3) is 11.8 Å². The highest BCUT2D eigenvalue weighted by Crippen LogP contribution is 2.33. The third-order valence-electron chi connectivity index (χ3n) is 4.45. The van der Waals surface area contributed by atoms with E-state index in [1.165, 1.54) is 12.1 Å². The van der Waals surface area contributed by atoms with Gasteiger partial charge >= 0.3 is 5.97 Å². The van der Waals surface area contributed by atoms with Crippen molar-refractivity contribution in [1.29, 1.82) is 0 Å². The van der Waals surface area contributed by atoms with E-state index in [0.717, 1.165) is 10.5 Å². The summed E-state index contributed by atoms with van der Waals surface area (Å²) in [6.45, 7) is 5.68. The van der Waals surface area contributed by atoms with Crippen molar-refractivity contribution < 1.29 is 19.1 Å². The first-order valence-electron chi connectivity index (χ1n) is 8.84. The van der Waals surface area contributed by atoms with Gasteiger partial charge in [0.05, 0.1) is 21.2 Å². The van der Waals surface area contributed by atoms with Crippen LogP contribution in [0.15, 0.2) is 36.4 Å². The number of aryl methyl sites for hydroxylation is 1. The molecule has 2 amide bonds. The number of hydrogen-bond acceptors (Lipinski definition) is 4. The third-order valence-corrected chi connectivity index (χ3v) is 5.17. The van der Waals surface area contributed by atoms with Gasteiger partial charge in [0.2, 0.25) is 0 Å². The first-order chi connectivity index (χ1) is 13.2. The smallest absolute Gasteiger partial charge is 0.334 e. The molecular weight excluding hydrogens is 401 g/mol. The molecule has 7 heteroatoms. The van der Waals surface area contributed by atoms with Crippen molar-refractivity contribution in [3.63, 3.8) is 0 Å². The summed E-state index contributed by atoms with van der Waals surface area (Å²) in [7, 11) is 0. The quantitative estimate of drug-likeness (QED) is 0.392. The minimum absolute atomic E-state index is 0.0477. The number of hydrogen-bond donors (Lipinski definition) is 0. The fourth-order valence-corrected chi connectivity index (χ4v) is 3.48. The fraction of sp³-hybridized carbons (Fsp3) is 0.286. The van der Waals surface area contributed by atoms with Gasteiger partial charge in [-0.05, 0) is 49.1 Å². The topological polar surface area (TPSA) is 63.7 Å². The molecular formula is C21H19Cl2NO4. The largest absolute Gasteiger partial charge is 0.425 e. The molecule has 0 unspecified atom stereocenters. The molecule has 3 rings (SSSR count). The maximum atomic E-state index is 12.9. The molecule has 28 heavy (non-hydrogen) atoms. The second-order valence-electron chi connectivity index (χ2n) is 7.18. The van der Waals surface area contributed by atoms with Gasteiger partial charge < -0.3 is 4.74 Å². The zero-order valence-corrected chi connectivity index (χ0v) is 17.2. The van der Waals surface area contributed by atoms with E-state index in [0.29, 0.717) is 5.75 Å². The van der Waals surface area contributed by atoms with E-state index in [1.807, 2.05) is 26.8 Å². The molecule has 0 fully saturated rings. The van der Waals surface area contributed by atoms with Crippen LogP contribution in [0.4, 0.5) is 0 Å².